The lowest BCUT2D eigenvalue weighted by Crippen LogP contribution is -2.56. The summed E-state index contributed by atoms with van der Waals surface area (Å²) in [5.74, 6) is 0.208. The van der Waals surface area contributed by atoms with E-state index in [2.05, 4.69) is 38.2 Å². The van der Waals surface area contributed by atoms with E-state index in [4.69, 9.17) is 0 Å². The standard InChI is InChI=1S/C20H23N2OS/c1-15(22(2)13-7-8-14-22)20(23)21-16-9-3-5-11-18(16)24-19-12-6-4-10-17(19)21/h3-6,9-12,15H,7-8,13-14H2,1-2H3/q+1/t15-/m1/s1. The van der Waals surface area contributed by atoms with Crippen LogP contribution in [0.3, 0.4) is 0 Å². The fourth-order valence-corrected chi connectivity index (χ4v) is 4.90. The molecular weight excluding hydrogens is 316 g/mol. The van der Waals surface area contributed by atoms with Gasteiger partial charge in [0.2, 0.25) is 0 Å². The quantitative estimate of drug-likeness (QED) is 0.754. The fourth-order valence-electron chi connectivity index (χ4n) is 3.84. The van der Waals surface area contributed by atoms with Gasteiger partial charge in [0.15, 0.2) is 6.04 Å². The molecule has 1 atom stereocenters. The largest absolute Gasteiger partial charge is 0.316 e. The molecule has 1 fully saturated rings. The Labute approximate surface area is 147 Å². The molecule has 24 heavy (non-hydrogen) atoms. The molecule has 1 amide bonds. The van der Waals surface area contributed by atoms with Crippen LogP contribution in [0, 0.1) is 0 Å². The molecule has 2 aliphatic rings. The number of quaternary nitrogens is 1. The minimum absolute atomic E-state index is 0.0308. The highest BCUT2D eigenvalue weighted by Crippen LogP contribution is 2.48. The predicted octanol–water partition coefficient (Wildman–Crippen LogP) is 4.44. The first-order valence-corrected chi connectivity index (χ1v) is 9.46. The molecule has 124 valence electrons. The number of amides is 1. The first kappa shape index (κ1) is 15.7. The second-order valence-corrected chi connectivity index (χ2v) is 8.10. The summed E-state index contributed by atoms with van der Waals surface area (Å²) in [5, 5.41) is 0. The topological polar surface area (TPSA) is 20.3 Å². The highest BCUT2D eigenvalue weighted by Gasteiger charge is 2.41. The molecule has 3 nitrogen and oxygen atoms in total. The molecule has 0 bridgehead atoms. The molecule has 1 saturated heterocycles. The van der Waals surface area contributed by atoms with Crippen LogP contribution in [0.2, 0.25) is 0 Å². The third-order valence-corrected chi connectivity index (χ3v) is 6.66. The smallest absolute Gasteiger partial charge is 0.289 e. The predicted molar refractivity (Wildman–Crippen MR) is 98.8 cm³/mol. The van der Waals surface area contributed by atoms with Crippen LogP contribution in [0.5, 0.6) is 0 Å². The average Bonchev–Trinajstić information content (AvgIpc) is 3.06. The fraction of sp³-hybridized carbons (Fsp3) is 0.350. The van der Waals surface area contributed by atoms with Crippen molar-refractivity contribution in [3.05, 3.63) is 48.5 Å². The molecule has 0 aromatic heterocycles. The van der Waals surface area contributed by atoms with E-state index in [9.17, 15) is 4.79 Å². The van der Waals surface area contributed by atoms with Gasteiger partial charge in [0.1, 0.15) is 0 Å². The highest BCUT2D eigenvalue weighted by molar-refractivity contribution is 7.99. The third kappa shape index (κ3) is 2.45. The number of benzene rings is 2. The second kappa shape index (κ2) is 5.94. The summed E-state index contributed by atoms with van der Waals surface area (Å²) in [7, 11) is 2.23. The van der Waals surface area contributed by atoms with E-state index in [1.165, 1.54) is 12.8 Å². The summed E-state index contributed by atoms with van der Waals surface area (Å²) in [6, 6.07) is 16.4. The average molecular weight is 339 g/mol. The first-order chi connectivity index (χ1) is 11.6. The molecule has 0 unspecified atom stereocenters. The molecule has 0 spiro atoms. The van der Waals surface area contributed by atoms with Crippen LogP contribution in [-0.4, -0.2) is 36.6 Å². The Morgan fingerprint density at radius 1 is 1.00 bits per heavy atom. The molecule has 2 aromatic rings. The van der Waals surface area contributed by atoms with Crippen LogP contribution in [0.1, 0.15) is 19.8 Å². The van der Waals surface area contributed by atoms with Gasteiger partial charge in [-0.3, -0.25) is 9.69 Å². The van der Waals surface area contributed by atoms with Gasteiger partial charge in [-0.15, -0.1) is 0 Å². The zero-order chi connectivity index (χ0) is 16.7. The van der Waals surface area contributed by atoms with Gasteiger partial charge in [-0.25, -0.2) is 0 Å². The van der Waals surface area contributed by atoms with E-state index in [1.807, 2.05) is 29.2 Å². The number of nitrogens with zero attached hydrogens (tertiary/aromatic N) is 2. The monoisotopic (exact) mass is 339 g/mol. The second-order valence-electron chi connectivity index (χ2n) is 7.02. The van der Waals surface area contributed by atoms with Gasteiger partial charge in [-0.2, -0.15) is 0 Å². The lowest BCUT2D eigenvalue weighted by molar-refractivity contribution is -0.911. The van der Waals surface area contributed by atoms with E-state index in [1.54, 1.807) is 11.8 Å². The maximum atomic E-state index is 13.5. The van der Waals surface area contributed by atoms with E-state index >= 15 is 0 Å². The van der Waals surface area contributed by atoms with Crippen molar-refractivity contribution in [2.75, 3.05) is 25.0 Å². The normalized spacial score (nSPS) is 19.5. The van der Waals surface area contributed by atoms with Crippen molar-refractivity contribution >= 4 is 29.0 Å². The van der Waals surface area contributed by atoms with Gasteiger partial charge >= 0.3 is 0 Å². The Bertz CT molecular complexity index is 737. The van der Waals surface area contributed by atoms with Gasteiger partial charge in [0.25, 0.3) is 5.91 Å². The molecule has 0 saturated carbocycles. The Balaban J connectivity index is 1.78. The lowest BCUT2D eigenvalue weighted by Gasteiger charge is -2.39. The minimum Gasteiger partial charge on any atom is -0.316 e. The van der Waals surface area contributed by atoms with Crippen LogP contribution >= 0.6 is 11.8 Å². The van der Waals surface area contributed by atoms with E-state index in [0.29, 0.717) is 0 Å². The van der Waals surface area contributed by atoms with Gasteiger partial charge in [0.05, 0.1) is 31.5 Å². The van der Waals surface area contributed by atoms with Crippen LogP contribution < -0.4 is 4.90 Å². The molecule has 0 radical (unpaired) electrons. The molecular formula is C20H23N2OS+. The number of carbonyl (C=O) groups excluding carboxylic acids is 1. The van der Waals surface area contributed by atoms with Gasteiger partial charge in [-0.05, 0) is 31.2 Å². The van der Waals surface area contributed by atoms with Crippen molar-refractivity contribution < 1.29 is 9.28 Å². The van der Waals surface area contributed by atoms with Crippen LogP contribution in [0.15, 0.2) is 58.3 Å². The molecule has 4 rings (SSSR count). The summed E-state index contributed by atoms with van der Waals surface area (Å²) in [6.45, 7) is 4.29. The zero-order valence-corrected chi connectivity index (χ0v) is 15.1. The van der Waals surface area contributed by atoms with Crippen LogP contribution in [-0.2, 0) is 4.79 Å². The Morgan fingerprint density at radius 2 is 1.50 bits per heavy atom. The number of para-hydroxylation sites is 2. The number of likely N-dealkylation sites (N-methyl/N-ethyl adjacent to an activating group) is 1. The Morgan fingerprint density at radius 3 is 2.04 bits per heavy atom. The summed E-state index contributed by atoms with van der Waals surface area (Å²) in [5.41, 5.74) is 2.03. The van der Waals surface area contributed by atoms with Gasteiger partial charge < -0.3 is 4.48 Å². The summed E-state index contributed by atoms with van der Waals surface area (Å²) >= 11 is 1.75. The van der Waals surface area contributed by atoms with Crippen molar-refractivity contribution in [3.63, 3.8) is 0 Å². The third-order valence-electron chi connectivity index (χ3n) is 5.53. The van der Waals surface area contributed by atoms with Gasteiger partial charge in [-0.1, -0.05) is 36.0 Å². The number of rotatable bonds is 2. The molecule has 2 aromatic carbocycles. The van der Waals surface area contributed by atoms with Crippen molar-refractivity contribution in [3.8, 4) is 0 Å². The zero-order valence-electron chi connectivity index (χ0n) is 14.2. The van der Waals surface area contributed by atoms with Gasteiger partial charge in [0, 0.05) is 22.6 Å². The summed E-state index contributed by atoms with van der Waals surface area (Å²) in [6.07, 6.45) is 2.44. The SMILES string of the molecule is C[C@H](C(=O)N1c2ccccc2Sc2ccccc21)[N+]1(C)CCCC1. The van der Waals surface area contributed by atoms with Crippen LogP contribution in [0.4, 0.5) is 11.4 Å². The van der Waals surface area contributed by atoms with Crippen molar-refractivity contribution in [1.82, 2.24) is 0 Å². The van der Waals surface area contributed by atoms with Crippen molar-refractivity contribution in [1.29, 1.82) is 0 Å². The van der Waals surface area contributed by atoms with Crippen LogP contribution in [0.25, 0.3) is 0 Å². The maximum absolute atomic E-state index is 13.5. The summed E-state index contributed by atoms with van der Waals surface area (Å²) in [4.78, 5) is 17.8. The minimum atomic E-state index is -0.0308. The highest BCUT2D eigenvalue weighted by atomic mass is 32.2. The van der Waals surface area contributed by atoms with Crippen molar-refractivity contribution in [2.45, 2.75) is 35.6 Å². The number of fused-ring (bicyclic) bond motifs is 2. The number of carbonyl (C=O) groups is 1. The first-order valence-electron chi connectivity index (χ1n) is 8.64. The van der Waals surface area contributed by atoms with E-state index < -0.39 is 0 Å². The molecule has 0 N–H and O–H groups in total. The summed E-state index contributed by atoms with van der Waals surface area (Å²) < 4.78 is 0.854. The lowest BCUT2D eigenvalue weighted by atomic mass is 10.1. The van der Waals surface area contributed by atoms with Crippen molar-refractivity contribution in [2.24, 2.45) is 0 Å². The maximum Gasteiger partial charge on any atom is 0.289 e. The molecule has 0 aliphatic carbocycles. The number of likely N-dealkylation sites (tertiary alicyclic amines) is 1. The number of hydrogen-bond acceptors (Lipinski definition) is 2. The van der Waals surface area contributed by atoms with E-state index in [0.717, 1.165) is 38.7 Å². The van der Waals surface area contributed by atoms with E-state index in [-0.39, 0.29) is 11.9 Å². The Hall–Kier alpha value is -1.78. The molecule has 4 heteroatoms. The molecule has 2 aliphatic heterocycles. The number of anilines is 2. The Kier molecular flexibility index (Phi) is 3.89. The number of hydrogen-bond donors (Lipinski definition) is 0. The molecule has 2 heterocycles.